The van der Waals surface area contributed by atoms with Crippen LogP contribution in [0.3, 0.4) is 0 Å². The van der Waals surface area contributed by atoms with Crippen molar-refractivity contribution in [3.63, 3.8) is 0 Å². The van der Waals surface area contributed by atoms with Gasteiger partial charge in [-0.05, 0) is 11.1 Å². The van der Waals surface area contributed by atoms with Crippen molar-refractivity contribution in [3.05, 3.63) is 71.8 Å². The van der Waals surface area contributed by atoms with Crippen LogP contribution < -0.4 is 0 Å². The Labute approximate surface area is 124 Å². The first kappa shape index (κ1) is 15.7. The molecule has 0 atom stereocenters. The average molecular weight is 326 g/mol. The third-order valence-electron chi connectivity index (χ3n) is 2.58. The topological polar surface area (TPSA) is 77.5 Å². The number of hydrogen-bond acceptors (Lipinski definition) is 5. The summed E-state index contributed by atoms with van der Waals surface area (Å²) in [7, 11) is -8.40. The summed E-state index contributed by atoms with van der Waals surface area (Å²) in [5.74, 6) is -0.969. The molecule has 7 heteroatoms. The monoisotopic (exact) mass is 326 g/mol. The molecule has 0 aliphatic heterocycles. The lowest BCUT2D eigenvalue weighted by molar-refractivity contribution is 0.460. The maximum atomic E-state index is 11.8. The zero-order valence-electron chi connectivity index (χ0n) is 11.0. The lowest BCUT2D eigenvalue weighted by Gasteiger charge is -2.06. The normalized spacial score (nSPS) is 12.2. The van der Waals surface area contributed by atoms with E-state index in [4.69, 9.17) is 0 Å². The van der Waals surface area contributed by atoms with E-state index in [0.717, 1.165) is 0 Å². The van der Waals surface area contributed by atoms with Crippen molar-refractivity contribution in [1.29, 1.82) is 0 Å². The highest BCUT2D eigenvalue weighted by Gasteiger charge is 2.23. The van der Waals surface area contributed by atoms with Crippen molar-refractivity contribution in [1.82, 2.24) is 0 Å². The van der Waals surface area contributed by atoms with Gasteiger partial charge < -0.3 is 0 Å². The van der Waals surface area contributed by atoms with E-state index < -0.39 is 31.7 Å². The van der Waals surface area contributed by atoms with E-state index in [-0.39, 0.29) is 0 Å². The quantitative estimate of drug-likeness (QED) is 0.812. The molecule has 0 saturated carbocycles. The molecule has 2 rings (SSSR count). The molecule has 2 aromatic rings. The molecule has 0 fully saturated rings. The Morgan fingerprint density at radius 3 is 1.29 bits per heavy atom. The molecule has 0 unspecified atom stereocenters. The van der Waals surface area contributed by atoms with Crippen molar-refractivity contribution in [2.75, 3.05) is 0 Å². The van der Waals surface area contributed by atoms with E-state index in [2.05, 4.69) is 3.63 Å². The van der Waals surface area contributed by atoms with Crippen LogP contribution >= 0.6 is 0 Å². The SMILES string of the molecule is O=S(=O)(Cc1ccccc1)OS(=O)(=O)Cc1ccccc1. The van der Waals surface area contributed by atoms with Gasteiger partial charge in [0.15, 0.2) is 0 Å². The van der Waals surface area contributed by atoms with Crippen molar-refractivity contribution >= 4 is 20.2 Å². The van der Waals surface area contributed by atoms with Gasteiger partial charge in [0.1, 0.15) is 11.5 Å². The van der Waals surface area contributed by atoms with Crippen LogP contribution in [-0.4, -0.2) is 16.8 Å². The molecule has 21 heavy (non-hydrogen) atoms. The summed E-state index contributed by atoms with van der Waals surface area (Å²) in [5.41, 5.74) is 0.930. The molecule has 0 bridgehead atoms. The summed E-state index contributed by atoms with van der Waals surface area (Å²) in [4.78, 5) is 0. The van der Waals surface area contributed by atoms with E-state index in [1.165, 1.54) is 0 Å². The fourth-order valence-corrected chi connectivity index (χ4v) is 4.61. The van der Waals surface area contributed by atoms with Crippen LogP contribution in [0.1, 0.15) is 11.1 Å². The molecule has 0 aromatic heterocycles. The molecule has 0 saturated heterocycles. The van der Waals surface area contributed by atoms with Crippen LogP contribution in [0.2, 0.25) is 0 Å². The average Bonchev–Trinajstić information content (AvgIpc) is 2.38. The van der Waals surface area contributed by atoms with Crippen molar-refractivity contribution in [3.8, 4) is 0 Å². The maximum Gasteiger partial charge on any atom is 0.286 e. The van der Waals surface area contributed by atoms with Crippen molar-refractivity contribution < 1.29 is 20.5 Å². The van der Waals surface area contributed by atoms with Crippen LogP contribution in [0, 0.1) is 0 Å². The van der Waals surface area contributed by atoms with Gasteiger partial charge in [-0.2, -0.15) is 16.8 Å². The van der Waals surface area contributed by atoms with Crippen molar-refractivity contribution in [2.24, 2.45) is 0 Å². The van der Waals surface area contributed by atoms with Crippen LogP contribution in [0.15, 0.2) is 60.7 Å². The second kappa shape index (κ2) is 6.38. The summed E-state index contributed by atoms with van der Waals surface area (Å²) in [6.45, 7) is 0. The first-order chi connectivity index (χ1) is 9.86. The van der Waals surface area contributed by atoms with Crippen LogP contribution in [0.4, 0.5) is 0 Å². The van der Waals surface area contributed by atoms with Crippen LogP contribution in [0.5, 0.6) is 0 Å². The highest BCUT2D eigenvalue weighted by Crippen LogP contribution is 2.14. The molecule has 0 radical (unpaired) electrons. The predicted molar refractivity (Wildman–Crippen MR) is 79.2 cm³/mol. The number of benzene rings is 2. The smallest absolute Gasteiger partial charge is 0.198 e. The van der Waals surface area contributed by atoms with Gasteiger partial charge in [0.25, 0.3) is 20.2 Å². The standard InChI is InChI=1S/C14H14O5S2/c15-20(16,11-13-7-3-1-4-8-13)19-21(17,18)12-14-9-5-2-6-10-14/h1-10H,11-12H2. The minimum Gasteiger partial charge on any atom is -0.198 e. The van der Waals surface area contributed by atoms with Crippen LogP contribution in [-0.2, 0) is 35.4 Å². The molecule has 5 nitrogen and oxygen atoms in total. The second-order valence-corrected chi connectivity index (χ2v) is 7.80. The van der Waals surface area contributed by atoms with Gasteiger partial charge in [-0.25, -0.2) is 0 Å². The lowest BCUT2D eigenvalue weighted by Crippen LogP contribution is -2.17. The van der Waals surface area contributed by atoms with E-state index in [9.17, 15) is 16.8 Å². The predicted octanol–water partition coefficient (Wildman–Crippen LogP) is 2.06. The Morgan fingerprint density at radius 2 is 0.952 bits per heavy atom. The Balaban J connectivity index is 2.09. The third-order valence-corrected chi connectivity index (χ3v) is 5.61. The summed E-state index contributed by atoms with van der Waals surface area (Å²) in [5, 5.41) is 0. The molecular formula is C14H14O5S2. The fraction of sp³-hybridized carbons (Fsp3) is 0.143. The molecule has 112 valence electrons. The summed E-state index contributed by atoms with van der Waals surface area (Å²) < 4.78 is 51.6. The minimum atomic E-state index is -4.20. The Kier molecular flexibility index (Phi) is 4.76. The summed E-state index contributed by atoms with van der Waals surface area (Å²) in [6, 6.07) is 16.5. The highest BCUT2D eigenvalue weighted by atomic mass is 32.3. The van der Waals surface area contributed by atoms with Gasteiger partial charge in [-0.3, -0.25) is 0 Å². The highest BCUT2D eigenvalue weighted by molar-refractivity contribution is 7.99. The van der Waals surface area contributed by atoms with Gasteiger partial charge >= 0.3 is 0 Å². The van der Waals surface area contributed by atoms with E-state index in [0.29, 0.717) is 11.1 Å². The molecule has 0 heterocycles. The minimum absolute atomic E-state index is 0.465. The lowest BCUT2D eigenvalue weighted by atomic mass is 10.2. The van der Waals surface area contributed by atoms with Gasteiger partial charge in [0.05, 0.1) is 0 Å². The molecule has 0 aliphatic carbocycles. The zero-order valence-corrected chi connectivity index (χ0v) is 12.7. The van der Waals surface area contributed by atoms with E-state index in [1.54, 1.807) is 60.7 Å². The van der Waals surface area contributed by atoms with Gasteiger partial charge in [0, 0.05) is 0 Å². The Bertz CT molecular complexity index is 712. The van der Waals surface area contributed by atoms with Gasteiger partial charge in [0.2, 0.25) is 0 Å². The van der Waals surface area contributed by atoms with E-state index in [1.807, 2.05) is 0 Å². The van der Waals surface area contributed by atoms with Crippen LogP contribution in [0.25, 0.3) is 0 Å². The van der Waals surface area contributed by atoms with E-state index >= 15 is 0 Å². The Hall–Kier alpha value is -1.70. The molecule has 0 amide bonds. The first-order valence-electron chi connectivity index (χ1n) is 6.11. The van der Waals surface area contributed by atoms with Gasteiger partial charge in [-0.15, -0.1) is 3.63 Å². The fourth-order valence-electron chi connectivity index (χ4n) is 1.76. The summed E-state index contributed by atoms with van der Waals surface area (Å²) >= 11 is 0. The molecule has 2 aromatic carbocycles. The largest absolute Gasteiger partial charge is 0.286 e. The molecule has 0 spiro atoms. The molecular weight excluding hydrogens is 312 g/mol. The maximum absolute atomic E-state index is 11.8. The molecule has 0 N–H and O–H groups in total. The second-order valence-electron chi connectivity index (χ2n) is 4.44. The third kappa shape index (κ3) is 5.30. The first-order valence-corrected chi connectivity index (χ1v) is 9.26. The zero-order chi connectivity index (χ0) is 15.3. The number of hydrogen-bond donors (Lipinski definition) is 0. The van der Waals surface area contributed by atoms with Crippen molar-refractivity contribution in [2.45, 2.75) is 11.5 Å². The number of rotatable bonds is 6. The molecule has 0 aliphatic rings. The Morgan fingerprint density at radius 1 is 0.619 bits per heavy atom. The van der Waals surface area contributed by atoms with Gasteiger partial charge in [-0.1, -0.05) is 60.7 Å². The summed E-state index contributed by atoms with van der Waals surface area (Å²) in [6.07, 6.45) is 0.